The van der Waals surface area contributed by atoms with Crippen LogP contribution in [0, 0.1) is 11.7 Å². The zero-order valence-electron chi connectivity index (χ0n) is 11.9. The molecule has 1 aromatic carbocycles. The standard InChI is InChI=1S/C16H22FNO2/c1-2-3-16(20)13-4-5-15(14(17)10-13)18-8-6-12(11-19)7-9-18/h4-5,10,12,19H,2-3,6-9,11H2,1H3. The lowest BCUT2D eigenvalue weighted by atomic mass is 9.97. The molecule has 1 fully saturated rings. The van der Waals surface area contributed by atoms with E-state index in [2.05, 4.69) is 0 Å². The third-order valence-corrected chi connectivity index (χ3v) is 3.96. The van der Waals surface area contributed by atoms with E-state index in [1.807, 2.05) is 11.8 Å². The van der Waals surface area contributed by atoms with Gasteiger partial charge in [0.05, 0.1) is 5.69 Å². The van der Waals surface area contributed by atoms with E-state index in [1.54, 1.807) is 12.1 Å². The van der Waals surface area contributed by atoms with Gasteiger partial charge in [-0.15, -0.1) is 0 Å². The summed E-state index contributed by atoms with van der Waals surface area (Å²) >= 11 is 0. The molecule has 0 atom stereocenters. The third kappa shape index (κ3) is 3.37. The molecule has 2 rings (SSSR count). The molecular weight excluding hydrogens is 257 g/mol. The minimum absolute atomic E-state index is 0.00283. The number of nitrogens with zero attached hydrogens (tertiary/aromatic N) is 1. The quantitative estimate of drug-likeness (QED) is 0.842. The van der Waals surface area contributed by atoms with Gasteiger partial charge in [0.1, 0.15) is 5.82 Å². The Morgan fingerprint density at radius 2 is 2.10 bits per heavy atom. The number of aliphatic hydroxyl groups is 1. The van der Waals surface area contributed by atoms with Gasteiger partial charge in [0.15, 0.2) is 5.78 Å². The summed E-state index contributed by atoms with van der Waals surface area (Å²) in [4.78, 5) is 13.8. The summed E-state index contributed by atoms with van der Waals surface area (Å²) in [7, 11) is 0. The molecule has 0 spiro atoms. The summed E-state index contributed by atoms with van der Waals surface area (Å²) < 4.78 is 14.2. The number of halogens is 1. The number of ketones is 1. The maximum Gasteiger partial charge on any atom is 0.162 e. The SMILES string of the molecule is CCCC(=O)c1ccc(N2CCC(CO)CC2)c(F)c1. The Morgan fingerprint density at radius 1 is 1.40 bits per heavy atom. The van der Waals surface area contributed by atoms with Crippen molar-refractivity contribution < 1.29 is 14.3 Å². The molecule has 0 aliphatic carbocycles. The Kier molecular flexibility index (Phi) is 5.12. The fourth-order valence-corrected chi connectivity index (χ4v) is 2.66. The Morgan fingerprint density at radius 3 is 2.65 bits per heavy atom. The van der Waals surface area contributed by atoms with E-state index in [0.717, 1.165) is 32.4 Å². The summed E-state index contributed by atoms with van der Waals surface area (Å²) in [6.07, 6.45) is 3.00. The van der Waals surface area contributed by atoms with Crippen LogP contribution >= 0.6 is 0 Å². The normalized spacial score (nSPS) is 16.4. The number of carbonyl (C=O) groups is 1. The smallest absolute Gasteiger partial charge is 0.162 e. The molecule has 0 unspecified atom stereocenters. The van der Waals surface area contributed by atoms with Crippen molar-refractivity contribution in [2.45, 2.75) is 32.6 Å². The first-order valence-electron chi connectivity index (χ1n) is 7.34. The molecule has 1 saturated heterocycles. The Hall–Kier alpha value is -1.42. The number of hydrogen-bond donors (Lipinski definition) is 1. The highest BCUT2D eigenvalue weighted by molar-refractivity contribution is 5.96. The fraction of sp³-hybridized carbons (Fsp3) is 0.562. The van der Waals surface area contributed by atoms with Crippen molar-refractivity contribution in [2.75, 3.05) is 24.6 Å². The van der Waals surface area contributed by atoms with Crippen LogP contribution in [0.3, 0.4) is 0 Å². The predicted molar refractivity (Wildman–Crippen MR) is 77.7 cm³/mol. The van der Waals surface area contributed by atoms with Crippen LogP contribution < -0.4 is 4.90 Å². The summed E-state index contributed by atoms with van der Waals surface area (Å²) in [6, 6.07) is 4.78. The number of benzene rings is 1. The van der Waals surface area contributed by atoms with Crippen LogP contribution in [0.4, 0.5) is 10.1 Å². The van der Waals surface area contributed by atoms with Crippen molar-refractivity contribution in [3.8, 4) is 0 Å². The van der Waals surface area contributed by atoms with Crippen LogP contribution in [0.1, 0.15) is 43.0 Å². The number of Topliss-reactive ketones (excluding diaryl/α,β-unsaturated/α-hetero) is 1. The number of anilines is 1. The van der Waals surface area contributed by atoms with Crippen LogP contribution in [0.25, 0.3) is 0 Å². The van der Waals surface area contributed by atoms with Gasteiger partial charge in [-0.05, 0) is 43.4 Å². The van der Waals surface area contributed by atoms with Crippen LogP contribution in [-0.4, -0.2) is 30.6 Å². The second-order valence-corrected chi connectivity index (χ2v) is 5.45. The summed E-state index contributed by atoms with van der Waals surface area (Å²) in [5.41, 5.74) is 1.02. The molecule has 1 aliphatic rings. The Balaban J connectivity index is 2.08. The van der Waals surface area contributed by atoms with Crippen molar-refractivity contribution in [1.29, 1.82) is 0 Å². The third-order valence-electron chi connectivity index (χ3n) is 3.96. The molecular formula is C16H22FNO2. The number of piperidine rings is 1. The second kappa shape index (κ2) is 6.84. The number of aliphatic hydroxyl groups excluding tert-OH is 1. The second-order valence-electron chi connectivity index (χ2n) is 5.45. The highest BCUT2D eigenvalue weighted by Crippen LogP contribution is 2.26. The lowest BCUT2D eigenvalue weighted by molar-refractivity contribution is 0.0981. The molecule has 0 aromatic heterocycles. The molecule has 0 bridgehead atoms. The van der Waals surface area contributed by atoms with Gasteiger partial charge in [-0.2, -0.15) is 0 Å². The van der Waals surface area contributed by atoms with Crippen molar-refractivity contribution in [1.82, 2.24) is 0 Å². The molecule has 0 saturated carbocycles. The summed E-state index contributed by atoms with van der Waals surface area (Å²) in [5, 5.41) is 9.12. The molecule has 1 heterocycles. The molecule has 0 amide bonds. The number of rotatable bonds is 5. The molecule has 3 nitrogen and oxygen atoms in total. The molecule has 1 aromatic rings. The van der Waals surface area contributed by atoms with Crippen LogP contribution in [0.5, 0.6) is 0 Å². The van der Waals surface area contributed by atoms with Crippen LogP contribution in [0.2, 0.25) is 0 Å². The molecule has 110 valence electrons. The van der Waals surface area contributed by atoms with Crippen LogP contribution in [-0.2, 0) is 0 Å². The van der Waals surface area contributed by atoms with Crippen LogP contribution in [0.15, 0.2) is 18.2 Å². The average molecular weight is 279 g/mol. The minimum atomic E-state index is -0.325. The highest BCUT2D eigenvalue weighted by Gasteiger charge is 2.21. The lowest BCUT2D eigenvalue weighted by Crippen LogP contribution is -2.35. The minimum Gasteiger partial charge on any atom is -0.396 e. The molecule has 20 heavy (non-hydrogen) atoms. The molecule has 4 heteroatoms. The van der Waals surface area contributed by atoms with E-state index in [1.165, 1.54) is 6.07 Å². The zero-order valence-corrected chi connectivity index (χ0v) is 11.9. The predicted octanol–water partition coefficient (Wildman–Crippen LogP) is 3.02. The maximum atomic E-state index is 14.2. The molecule has 1 N–H and O–H groups in total. The average Bonchev–Trinajstić information content (AvgIpc) is 2.47. The van der Waals surface area contributed by atoms with E-state index in [0.29, 0.717) is 23.6 Å². The van der Waals surface area contributed by atoms with E-state index < -0.39 is 0 Å². The van der Waals surface area contributed by atoms with Crippen molar-refractivity contribution in [3.05, 3.63) is 29.6 Å². The monoisotopic (exact) mass is 279 g/mol. The largest absolute Gasteiger partial charge is 0.396 e. The molecule has 1 aliphatic heterocycles. The van der Waals surface area contributed by atoms with Gasteiger partial charge in [-0.25, -0.2) is 4.39 Å². The Labute approximate surface area is 119 Å². The van der Waals surface area contributed by atoms with Gasteiger partial charge in [-0.3, -0.25) is 4.79 Å². The van der Waals surface area contributed by atoms with E-state index in [-0.39, 0.29) is 18.2 Å². The van der Waals surface area contributed by atoms with E-state index >= 15 is 0 Å². The van der Waals surface area contributed by atoms with Gasteiger partial charge < -0.3 is 10.0 Å². The van der Waals surface area contributed by atoms with Gasteiger partial charge in [0, 0.05) is 31.7 Å². The Bertz CT molecular complexity index is 468. The highest BCUT2D eigenvalue weighted by atomic mass is 19.1. The first-order valence-corrected chi connectivity index (χ1v) is 7.34. The summed E-state index contributed by atoms with van der Waals surface area (Å²) in [6.45, 7) is 3.66. The fourth-order valence-electron chi connectivity index (χ4n) is 2.66. The first-order chi connectivity index (χ1) is 9.65. The van der Waals surface area contributed by atoms with Crippen molar-refractivity contribution in [3.63, 3.8) is 0 Å². The molecule has 0 radical (unpaired) electrons. The van der Waals surface area contributed by atoms with Crippen molar-refractivity contribution in [2.24, 2.45) is 5.92 Å². The first kappa shape index (κ1) is 15.0. The maximum absolute atomic E-state index is 14.2. The number of carbonyl (C=O) groups excluding carboxylic acids is 1. The van der Waals surface area contributed by atoms with Gasteiger partial charge in [0.25, 0.3) is 0 Å². The van der Waals surface area contributed by atoms with Gasteiger partial charge in [-0.1, -0.05) is 6.92 Å². The van der Waals surface area contributed by atoms with Crippen molar-refractivity contribution >= 4 is 11.5 Å². The zero-order chi connectivity index (χ0) is 14.5. The topological polar surface area (TPSA) is 40.5 Å². The van der Waals surface area contributed by atoms with Gasteiger partial charge >= 0.3 is 0 Å². The summed E-state index contributed by atoms with van der Waals surface area (Å²) in [5.74, 6) is 0.00561. The van der Waals surface area contributed by atoms with E-state index in [9.17, 15) is 9.18 Å². The number of hydrogen-bond acceptors (Lipinski definition) is 3. The van der Waals surface area contributed by atoms with Gasteiger partial charge in [0.2, 0.25) is 0 Å². The lowest BCUT2D eigenvalue weighted by Gasteiger charge is -2.33. The van der Waals surface area contributed by atoms with E-state index in [4.69, 9.17) is 5.11 Å².